The molecular weight excluding hydrogens is 254 g/mol. The van der Waals surface area contributed by atoms with Gasteiger partial charge < -0.3 is 15.8 Å². The fourth-order valence-corrected chi connectivity index (χ4v) is 2.88. The van der Waals surface area contributed by atoms with Gasteiger partial charge in [-0.25, -0.2) is 9.78 Å². The normalized spacial score (nSPS) is 21.2. The van der Waals surface area contributed by atoms with Gasteiger partial charge in [0.1, 0.15) is 11.4 Å². The van der Waals surface area contributed by atoms with E-state index in [1.807, 2.05) is 0 Å². The minimum absolute atomic E-state index is 0.329. The number of hydrogen-bond acceptors (Lipinski definition) is 5. The topological polar surface area (TPSA) is 77.2 Å². The van der Waals surface area contributed by atoms with Crippen LogP contribution in [0.3, 0.4) is 0 Å². The molecule has 1 aliphatic carbocycles. The highest BCUT2D eigenvalue weighted by Gasteiger charge is 2.29. The van der Waals surface area contributed by atoms with Crippen LogP contribution < -0.4 is 11.1 Å². The van der Waals surface area contributed by atoms with E-state index in [0.717, 1.165) is 12.8 Å². The van der Waals surface area contributed by atoms with Crippen molar-refractivity contribution in [2.75, 3.05) is 18.2 Å². The molecule has 0 spiro atoms. The lowest BCUT2D eigenvalue weighted by Gasteiger charge is -2.36. The van der Waals surface area contributed by atoms with Crippen LogP contribution in [-0.2, 0) is 4.74 Å². The molecule has 5 heteroatoms. The lowest BCUT2D eigenvalue weighted by molar-refractivity contribution is 0.0601. The summed E-state index contributed by atoms with van der Waals surface area (Å²) in [6.07, 6.45) is 6.15. The van der Waals surface area contributed by atoms with E-state index in [1.54, 1.807) is 12.3 Å². The van der Waals surface area contributed by atoms with Crippen molar-refractivity contribution in [2.45, 2.75) is 45.6 Å². The summed E-state index contributed by atoms with van der Waals surface area (Å²) in [4.78, 5) is 16.0. The van der Waals surface area contributed by atoms with Gasteiger partial charge in [0, 0.05) is 6.04 Å². The Labute approximate surface area is 119 Å². The number of carbonyl (C=O) groups excluding carboxylic acids is 1. The molecule has 1 fully saturated rings. The third-order valence-electron chi connectivity index (χ3n) is 3.86. The molecule has 1 saturated carbocycles. The van der Waals surface area contributed by atoms with Crippen LogP contribution in [0.15, 0.2) is 12.3 Å². The summed E-state index contributed by atoms with van der Waals surface area (Å²) in [5.74, 6) is 0.149. The molecule has 1 atom stereocenters. The predicted molar refractivity (Wildman–Crippen MR) is 79.6 cm³/mol. The first kappa shape index (κ1) is 14.6. The van der Waals surface area contributed by atoms with Gasteiger partial charge in [-0.2, -0.15) is 0 Å². The molecule has 1 unspecified atom stereocenters. The summed E-state index contributed by atoms with van der Waals surface area (Å²) in [7, 11) is 1.36. The zero-order valence-electron chi connectivity index (χ0n) is 12.4. The van der Waals surface area contributed by atoms with Crippen LogP contribution in [-0.4, -0.2) is 24.1 Å². The number of hydrogen-bond donors (Lipinski definition) is 2. The number of esters is 1. The Morgan fingerprint density at radius 3 is 2.95 bits per heavy atom. The fraction of sp³-hybridized carbons (Fsp3) is 0.600. The quantitative estimate of drug-likeness (QED) is 0.831. The van der Waals surface area contributed by atoms with Crippen molar-refractivity contribution >= 4 is 17.5 Å². The molecule has 1 aliphatic rings. The molecule has 0 bridgehead atoms. The minimum Gasteiger partial charge on any atom is -0.465 e. The SMILES string of the molecule is COC(=O)c1cc(N)cnc1NC1CCCC(C)(C)C1. The van der Waals surface area contributed by atoms with Crippen LogP contribution in [0.1, 0.15) is 49.9 Å². The van der Waals surface area contributed by atoms with E-state index in [-0.39, 0.29) is 0 Å². The summed E-state index contributed by atoms with van der Waals surface area (Å²) in [6.45, 7) is 4.55. The highest BCUT2D eigenvalue weighted by molar-refractivity contribution is 5.95. The Hall–Kier alpha value is -1.78. The van der Waals surface area contributed by atoms with Gasteiger partial charge >= 0.3 is 5.97 Å². The second-order valence-electron chi connectivity index (χ2n) is 6.26. The van der Waals surface area contributed by atoms with E-state index in [9.17, 15) is 4.79 Å². The van der Waals surface area contributed by atoms with E-state index >= 15 is 0 Å². The van der Waals surface area contributed by atoms with Crippen LogP contribution in [0, 0.1) is 5.41 Å². The summed E-state index contributed by atoms with van der Waals surface area (Å²) >= 11 is 0. The van der Waals surface area contributed by atoms with Gasteiger partial charge in [-0.05, 0) is 30.7 Å². The fourth-order valence-electron chi connectivity index (χ4n) is 2.88. The zero-order chi connectivity index (χ0) is 14.8. The van der Waals surface area contributed by atoms with Gasteiger partial charge in [-0.1, -0.05) is 20.3 Å². The first-order valence-corrected chi connectivity index (χ1v) is 7.02. The average Bonchev–Trinajstić information content (AvgIpc) is 2.39. The molecule has 0 amide bonds. The maximum absolute atomic E-state index is 11.8. The van der Waals surface area contributed by atoms with Crippen molar-refractivity contribution in [3.63, 3.8) is 0 Å². The number of nitrogen functional groups attached to an aromatic ring is 1. The number of carbonyl (C=O) groups is 1. The molecular formula is C15H23N3O2. The van der Waals surface area contributed by atoms with Crippen molar-refractivity contribution in [3.05, 3.63) is 17.8 Å². The molecule has 1 aromatic rings. The molecule has 2 rings (SSSR count). The number of rotatable bonds is 3. The Kier molecular flexibility index (Phi) is 4.16. The van der Waals surface area contributed by atoms with Crippen molar-refractivity contribution in [1.29, 1.82) is 0 Å². The average molecular weight is 277 g/mol. The smallest absolute Gasteiger partial charge is 0.341 e. The summed E-state index contributed by atoms with van der Waals surface area (Å²) in [5, 5.41) is 3.38. The predicted octanol–water partition coefficient (Wildman–Crippen LogP) is 2.83. The number of methoxy groups -OCH3 is 1. The van der Waals surface area contributed by atoms with Crippen LogP contribution in [0.4, 0.5) is 11.5 Å². The highest BCUT2D eigenvalue weighted by Crippen LogP contribution is 2.36. The molecule has 5 nitrogen and oxygen atoms in total. The molecule has 0 aromatic carbocycles. The number of nitrogens with zero attached hydrogens (tertiary/aromatic N) is 1. The summed E-state index contributed by atoms with van der Waals surface area (Å²) < 4.78 is 4.79. The maximum atomic E-state index is 11.8. The van der Waals surface area contributed by atoms with E-state index in [4.69, 9.17) is 10.5 Å². The van der Waals surface area contributed by atoms with Crippen LogP contribution in [0.25, 0.3) is 0 Å². The first-order valence-electron chi connectivity index (χ1n) is 7.02. The second-order valence-corrected chi connectivity index (χ2v) is 6.26. The third-order valence-corrected chi connectivity index (χ3v) is 3.86. The van der Waals surface area contributed by atoms with Gasteiger partial charge in [0.05, 0.1) is 19.0 Å². The van der Waals surface area contributed by atoms with Crippen molar-refractivity contribution in [3.8, 4) is 0 Å². The van der Waals surface area contributed by atoms with Gasteiger partial charge in [0.25, 0.3) is 0 Å². The second kappa shape index (κ2) is 5.69. The van der Waals surface area contributed by atoms with Crippen molar-refractivity contribution in [2.24, 2.45) is 5.41 Å². The van der Waals surface area contributed by atoms with E-state index in [2.05, 4.69) is 24.1 Å². The van der Waals surface area contributed by atoms with Crippen molar-refractivity contribution in [1.82, 2.24) is 4.98 Å². The Bertz CT molecular complexity index is 500. The highest BCUT2D eigenvalue weighted by atomic mass is 16.5. The van der Waals surface area contributed by atoms with Crippen molar-refractivity contribution < 1.29 is 9.53 Å². The van der Waals surface area contributed by atoms with E-state index in [1.165, 1.54) is 20.0 Å². The van der Waals surface area contributed by atoms with Gasteiger partial charge in [0.2, 0.25) is 0 Å². The molecule has 0 radical (unpaired) electrons. The molecule has 0 saturated heterocycles. The van der Waals surface area contributed by atoms with Gasteiger partial charge in [0.15, 0.2) is 0 Å². The molecule has 1 heterocycles. The summed E-state index contributed by atoms with van der Waals surface area (Å²) in [6, 6.07) is 1.94. The summed E-state index contributed by atoms with van der Waals surface area (Å²) in [5.41, 5.74) is 6.88. The Morgan fingerprint density at radius 1 is 1.55 bits per heavy atom. The van der Waals surface area contributed by atoms with E-state index in [0.29, 0.717) is 28.5 Å². The third kappa shape index (κ3) is 3.40. The number of pyridine rings is 1. The van der Waals surface area contributed by atoms with Crippen LogP contribution in [0.5, 0.6) is 0 Å². The molecule has 110 valence electrons. The molecule has 20 heavy (non-hydrogen) atoms. The number of anilines is 2. The lowest BCUT2D eigenvalue weighted by atomic mass is 9.75. The number of nitrogens with two attached hydrogens (primary N) is 1. The lowest BCUT2D eigenvalue weighted by Crippen LogP contribution is -2.32. The monoisotopic (exact) mass is 277 g/mol. The standard InChI is InChI=1S/C15H23N3O2/c1-15(2)6-4-5-11(8-15)18-13-12(14(19)20-3)7-10(16)9-17-13/h7,9,11H,4-6,8,16H2,1-3H3,(H,17,18). The van der Waals surface area contributed by atoms with E-state index < -0.39 is 5.97 Å². The Balaban J connectivity index is 2.18. The van der Waals surface area contributed by atoms with Gasteiger partial charge in [-0.3, -0.25) is 0 Å². The zero-order valence-corrected chi connectivity index (χ0v) is 12.4. The number of nitrogens with one attached hydrogen (secondary N) is 1. The van der Waals surface area contributed by atoms with Crippen LogP contribution in [0.2, 0.25) is 0 Å². The largest absolute Gasteiger partial charge is 0.465 e. The minimum atomic E-state index is -0.414. The van der Waals surface area contributed by atoms with Crippen LogP contribution >= 0.6 is 0 Å². The molecule has 0 aliphatic heterocycles. The molecule has 1 aromatic heterocycles. The Morgan fingerprint density at radius 2 is 2.30 bits per heavy atom. The maximum Gasteiger partial charge on any atom is 0.341 e. The number of ether oxygens (including phenoxy) is 1. The molecule has 3 N–H and O–H groups in total. The number of aromatic nitrogens is 1. The van der Waals surface area contributed by atoms with Gasteiger partial charge in [-0.15, -0.1) is 0 Å². The first-order chi connectivity index (χ1) is 9.41.